The fourth-order valence-corrected chi connectivity index (χ4v) is 2.83. The Morgan fingerprint density at radius 2 is 1.41 bits per heavy atom. The van der Waals surface area contributed by atoms with Gasteiger partial charge < -0.3 is 24.1 Å². The predicted molar refractivity (Wildman–Crippen MR) is 126 cm³/mol. The molecule has 0 heterocycles. The minimum Gasteiger partial charge on any atom is -0.458 e. The molecule has 1 rings (SSSR count). The van der Waals surface area contributed by atoms with Crippen LogP contribution in [0.15, 0.2) is 30.3 Å². The van der Waals surface area contributed by atoms with Crippen LogP contribution in [0.1, 0.15) is 67.4 Å². The van der Waals surface area contributed by atoms with E-state index in [0.29, 0.717) is 4.90 Å². The largest absolute Gasteiger partial charge is 0.458 e. The van der Waals surface area contributed by atoms with Crippen molar-refractivity contribution < 1.29 is 38.4 Å². The number of ether oxygens (including phenoxy) is 4. The van der Waals surface area contributed by atoms with Crippen molar-refractivity contribution >= 4 is 18.2 Å². The van der Waals surface area contributed by atoms with Crippen molar-refractivity contribution in [3.05, 3.63) is 35.9 Å². The van der Waals surface area contributed by atoms with Gasteiger partial charge in [-0.15, -0.1) is 0 Å². The van der Waals surface area contributed by atoms with Crippen LogP contribution in [0.2, 0.25) is 0 Å². The summed E-state index contributed by atoms with van der Waals surface area (Å²) >= 11 is 0. The highest BCUT2D eigenvalue weighted by molar-refractivity contribution is 5.94. The highest BCUT2D eigenvalue weighted by Gasteiger charge is 2.39. The molecule has 0 aliphatic carbocycles. The molecule has 0 aliphatic rings. The lowest BCUT2D eigenvalue weighted by molar-refractivity contribution is -0.162. The molecule has 3 atom stereocenters. The van der Waals surface area contributed by atoms with E-state index in [1.54, 1.807) is 48.5 Å². The first-order valence-corrected chi connectivity index (χ1v) is 11.4. The maximum atomic E-state index is 12.9. The van der Waals surface area contributed by atoms with Gasteiger partial charge in [-0.3, -0.25) is 0 Å². The third kappa shape index (κ3) is 10.5. The van der Waals surface area contributed by atoms with Crippen LogP contribution in [0.4, 0.5) is 9.59 Å². The second kappa shape index (κ2) is 12.7. The van der Waals surface area contributed by atoms with Crippen LogP contribution in [0.25, 0.3) is 0 Å². The smallest absolute Gasteiger partial charge is 0.420 e. The Hall–Kier alpha value is -2.65. The Balaban J connectivity index is 2.96. The maximum Gasteiger partial charge on any atom is 0.420 e. The molecule has 0 aliphatic heterocycles. The fourth-order valence-electron chi connectivity index (χ4n) is 2.83. The molecule has 0 bridgehead atoms. The highest BCUT2D eigenvalue weighted by atomic mass is 16.6. The molecule has 9 heteroatoms. The number of imide groups is 1. The van der Waals surface area contributed by atoms with Gasteiger partial charge in [-0.05, 0) is 61.0 Å². The molecule has 1 N–H and O–H groups in total. The summed E-state index contributed by atoms with van der Waals surface area (Å²) in [6, 6.07) is 8.13. The van der Waals surface area contributed by atoms with Crippen LogP contribution in [-0.4, -0.2) is 64.2 Å². The standard InChI is InChI=1S/C25H39NO8/c1-17(26(22(29)33-24(3,4)5)23(30)34-25(6,7)8)21(28)32-18(2)20(14-15-27)31-16-19-12-10-9-11-13-19/h9-13,17-18,20,27H,14-16H2,1-8H3/t17-,18-,20+/m0/s1. The lowest BCUT2D eigenvalue weighted by atomic mass is 10.1. The van der Waals surface area contributed by atoms with Gasteiger partial charge in [-0.25, -0.2) is 14.4 Å². The summed E-state index contributed by atoms with van der Waals surface area (Å²) in [5, 5.41) is 9.43. The summed E-state index contributed by atoms with van der Waals surface area (Å²) in [7, 11) is 0. The molecule has 9 nitrogen and oxygen atoms in total. The molecule has 0 fully saturated rings. The van der Waals surface area contributed by atoms with Crippen molar-refractivity contribution in [2.45, 2.75) is 97.9 Å². The second-order valence-corrected chi connectivity index (χ2v) is 10.00. The van der Waals surface area contributed by atoms with Gasteiger partial charge in [0.2, 0.25) is 0 Å². The van der Waals surface area contributed by atoms with E-state index in [9.17, 15) is 19.5 Å². The molecule has 2 amide bonds. The molecule has 192 valence electrons. The number of carbonyl (C=O) groups is 3. The van der Waals surface area contributed by atoms with Gasteiger partial charge in [-0.2, -0.15) is 4.90 Å². The van der Waals surface area contributed by atoms with E-state index in [1.807, 2.05) is 30.3 Å². The summed E-state index contributed by atoms with van der Waals surface area (Å²) in [5.41, 5.74) is -0.865. The Bertz CT molecular complexity index is 769. The quantitative estimate of drug-likeness (QED) is 0.407. The van der Waals surface area contributed by atoms with E-state index in [2.05, 4.69) is 0 Å². The van der Waals surface area contributed by atoms with E-state index in [-0.39, 0.29) is 19.6 Å². The number of amides is 2. The lowest BCUT2D eigenvalue weighted by Crippen LogP contribution is -2.52. The first-order valence-electron chi connectivity index (χ1n) is 11.4. The Morgan fingerprint density at radius 3 is 1.85 bits per heavy atom. The van der Waals surface area contributed by atoms with Crippen molar-refractivity contribution in [3.8, 4) is 0 Å². The zero-order chi connectivity index (χ0) is 26.1. The van der Waals surface area contributed by atoms with Crippen molar-refractivity contribution in [2.24, 2.45) is 0 Å². The monoisotopic (exact) mass is 481 g/mol. The Labute approximate surface area is 202 Å². The molecular weight excluding hydrogens is 442 g/mol. The summed E-state index contributed by atoms with van der Waals surface area (Å²) in [6.45, 7) is 13.0. The minimum absolute atomic E-state index is 0.168. The lowest BCUT2D eigenvalue weighted by Gasteiger charge is -2.32. The van der Waals surface area contributed by atoms with Gasteiger partial charge in [0.15, 0.2) is 0 Å². The predicted octanol–water partition coefficient (Wildman–Crippen LogP) is 4.45. The number of carbonyl (C=O) groups excluding carboxylic acids is 3. The van der Waals surface area contributed by atoms with E-state index >= 15 is 0 Å². The van der Waals surface area contributed by atoms with Gasteiger partial charge in [0, 0.05) is 13.0 Å². The number of benzene rings is 1. The molecule has 0 aromatic heterocycles. The van der Waals surface area contributed by atoms with E-state index in [4.69, 9.17) is 18.9 Å². The number of hydrogen-bond acceptors (Lipinski definition) is 8. The van der Waals surface area contributed by atoms with Crippen LogP contribution in [0.3, 0.4) is 0 Å². The number of esters is 1. The third-order valence-corrected chi connectivity index (χ3v) is 4.45. The first kappa shape index (κ1) is 29.4. The van der Waals surface area contributed by atoms with Crippen molar-refractivity contribution in [3.63, 3.8) is 0 Å². The van der Waals surface area contributed by atoms with E-state index in [1.165, 1.54) is 6.92 Å². The maximum absolute atomic E-state index is 12.9. The van der Waals surface area contributed by atoms with Gasteiger partial charge >= 0.3 is 18.2 Å². The molecule has 0 spiro atoms. The van der Waals surface area contributed by atoms with Crippen LogP contribution in [-0.2, 0) is 30.3 Å². The van der Waals surface area contributed by atoms with Crippen LogP contribution in [0.5, 0.6) is 0 Å². The van der Waals surface area contributed by atoms with Gasteiger partial charge in [0.25, 0.3) is 0 Å². The highest BCUT2D eigenvalue weighted by Crippen LogP contribution is 2.19. The average molecular weight is 482 g/mol. The summed E-state index contributed by atoms with van der Waals surface area (Å²) < 4.78 is 22.0. The first-order chi connectivity index (χ1) is 15.6. The van der Waals surface area contributed by atoms with Crippen molar-refractivity contribution in [2.75, 3.05) is 6.61 Å². The van der Waals surface area contributed by atoms with Crippen LogP contribution >= 0.6 is 0 Å². The third-order valence-electron chi connectivity index (χ3n) is 4.45. The molecule has 1 aromatic rings. The number of rotatable bonds is 9. The normalized spacial score (nSPS) is 14.5. The van der Waals surface area contributed by atoms with Crippen LogP contribution in [0, 0.1) is 0 Å². The van der Waals surface area contributed by atoms with Gasteiger partial charge in [-0.1, -0.05) is 30.3 Å². The zero-order valence-corrected chi connectivity index (χ0v) is 21.5. The van der Waals surface area contributed by atoms with Crippen molar-refractivity contribution in [1.82, 2.24) is 4.90 Å². The van der Waals surface area contributed by atoms with Gasteiger partial charge in [0.1, 0.15) is 23.3 Å². The SMILES string of the molecule is C[C@H](OC(=O)[C@H](C)N(C(=O)OC(C)(C)C)C(=O)OC(C)(C)C)[C@@H](CCO)OCc1ccccc1. The van der Waals surface area contributed by atoms with E-state index in [0.717, 1.165) is 5.56 Å². The Kier molecular flexibility index (Phi) is 11.0. The number of aliphatic hydroxyl groups excluding tert-OH is 1. The topological polar surface area (TPSA) is 112 Å². The molecule has 0 saturated heterocycles. The number of hydrogen-bond donors (Lipinski definition) is 1. The molecule has 34 heavy (non-hydrogen) atoms. The molecular formula is C25H39NO8. The number of nitrogens with zero attached hydrogens (tertiary/aromatic N) is 1. The Morgan fingerprint density at radius 1 is 0.912 bits per heavy atom. The van der Waals surface area contributed by atoms with Crippen LogP contribution < -0.4 is 0 Å². The molecule has 0 saturated carbocycles. The van der Waals surface area contributed by atoms with Crippen molar-refractivity contribution in [1.29, 1.82) is 0 Å². The molecule has 0 unspecified atom stereocenters. The number of aliphatic hydroxyl groups is 1. The molecule has 1 aromatic carbocycles. The fraction of sp³-hybridized carbons (Fsp3) is 0.640. The average Bonchev–Trinajstić information content (AvgIpc) is 2.69. The van der Waals surface area contributed by atoms with E-state index < -0.39 is 47.6 Å². The minimum atomic E-state index is -1.32. The zero-order valence-electron chi connectivity index (χ0n) is 21.5. The summed E-state index contributed by atoms with van der Waals surface area (Å²) in [6.07, 6.45) is -3.17. The van der Waals surface area contributed by atoms with Gasteiger partial charge in [0.05, 0.1) is 12.7 Å². The summed E-state index contributed by atoms with van der Waals surface area (Å²) in [5.74, 6) is -0.838. The molecule has 0 radical (unpaired) electrons. The summed E-state index contributed by atoms with van der Waals surface area (Å²) in [4.78, 5) is 39.0. The second-order valence-electron chi connectivity index (χ2n) is 10.00.